The van der Waals surface area contributed by atoms with Gasteiger partial charge in [0, 0.05) is 0 Å². The molecule has 0 aromatic carbocycles. The summed E-state index contributed by atoms with van der Waals surface area (Å²) in [6.07, 6.45) is 3.77. The van der Waals surface area contributed by atoms with Crippen molar-refractivity contribution in [2.24, 2.45) is 0 Å². The Bertz CT molecular complexity index is 367. The van der Waals surface area contributed by atoms with Crippen LogP contribution in [0.15, 0.2) is 6.07 Å². The first-order valence-corrected chi connectivity index (χ1v) is 13.7. The minimum atomic E-state index is -1.36. The second-order valence-corrected chi connectivity index (χ2v) is 12.5. The number of aromatic nitrogens is 2. The van der Waals surface area contributed by atoms with Crippen molar-refractivity contribution in [2.45, 2.75) is 55.1 Å². The summed E-state index contributed by atoms with van der Waals surface area (Å²) in [6.45, 7) is 5.38. The molecule has 1 fully saturated rings. The molecular weight excluding hydrogens is 319 g/mol. The Morgan fingerprint density at radius 1 is 1.41 bits per heavy atom. The van der Waals surface area contributed by atoms with Crippen molar-refractivity contribution in [1.82, 2.24) is 9.78 Å². The van der Waals surface area contributed by atoms with Crippen LogP contribution in [0.2, 0.25) is 9.88 Å². The fourth-order valence-electron chi connectivity index (χ4n) is 2.23. The molecule has 95 valence electrons. The number of hydrogen-bond donors (Lipinski definition) is 0. The maximum absolute atomic E-state index is 5.87. The van der Waals surface area contributed by atoms with Crippen molar-refractivity contribution in [3.05, 3.63) is 11.8 Å². The molecule has 0 amide bonds. The second-order valence-electron chi connectivity index (χ2n) is 5.37. The van der Waals surface area contributed by atoms with Gasteiger partial charge in [0.15, 0.2) is 0 Å². The molecule has 2 rings (SSSR count). The van der Waals surface area contributed by atoms with E-state index < -0.39 is 19.8 Å². The van der Waals surface area contributed by atoms with Gasteiger partial charge in [-0.05, 0) is 0 Å². The first-order chi connectivity index (χ1) is 8.09. The van der Waals surface area contributed by atoms with Crippen LogP contribution in [0.3, 0.4) is 0 Å². The monoisotopic (exact) mass is 343 g/mol. The van der Waals surface area contributed by atoms with E-state index in [4.69, 9.17) is 9.84 Å². The molecule has 0 bridgehead atoms. The molecule has 3 nitrogen and oxygen atoms in total. The Morgan fingerprint density at radius 3 is 2.71 bits per heavy atom. The SMILES string of the molecule is CC(C)c1c[c]([Sn]([CH3])[CH3])nn1C1CCCCO1. The molecule has 0 spiro atoms. The summed E-state index contributed by atoms with van der Waals surface area (Å²) in [5.41, 5.74) is 1.36. The number of rotatable bonds is 3. The van der Waals surface area contributed by atoms with Crippen LogP contribution in [-0.2, 0) is 4.74 Å². The van der Waals surface area contributed by atoms with Crippen LogP contribution in [0, 0.1) is 0 Å². The molecule has 0 saturated carbocycles. The summed E-state index contributed by atoms with van der Waals surface area (Å²) in [5.74, 6) is 0.532. The van der Waals surface area contributed by atoms with E-state index in [0.717, 1.165) is 13.0 Å². The van der Waals surface area contributed by atoms with E-state index in [2.05, 4.69) is 34.5 Å². The Balaban J connectivity index is 2.29. The summed E-state index contributed by atoms with van der Waals surface area (Å²) >= 11 is -1.36. The molecule has 0 aliphatic carbocycles. The summed E-state index contributed by atoms with van der Waals surface area (Å²) in [4.78, 5) is 4.78. The Kier molecular flexibility index (Phi) is 4.52. The van der Waals surface area contributed by atoms with Crippen LogP contribution in [0.1, 0.15) is 50.9 Å². The fourth-order valence-corrected chi connectivity index (χ4v) is 4.36. The van der Waals surface area contributed by atoms with Crippen molar-refractivity contribution >= 4 is 23.5 Å². The molecule has 1 aromatic rings. The van der Waals surface area contributed by atoms with E-state index >= 15 is 0 Å². The molecule has 1 unspecified atom stereocenters. The zero-order valence-corrected chi connectivity index (χ0v) is 14.2. The van der Waals surface area contributed by atoms with E-state index in [1.807, 2.05) is 0 Å². The molecule has 1 atom stereocenters. The van der Waals surface area contributed by atoms with Gasteiger partial charge in [0.2, 0.25) is 0 Å². The first kappa shape index (κ1) is 13.4. The van der Waals surface area contributed by atoms with Crippen LogP contribution in [0.25, 0.3) is 0 Å². The predicted molar refractivity (Wildman–Crippen MR) is 72.3 cm³/mol. The molecule has 4 heteroatoms. The van der Waals surface area contributed by atoms with E-state index in [1.54, 1.807) is 0 Å². The van der Waals surface area contributed by atoms with E-state index in [0.29, 0.717) is 5.92 Å². The molecule has 1 saturated heterocycles. The Morgan fingerprint density at radius 2 is 2.18 bits per heavy atom. The van der Waals surface area contributed by atoms with Gasteiger partial charge in [0.25, 0.3) is 0 Å². The van der Waals surface area contributed by atoms with Crippen LogP contribution in [0.4, 0.5) is 0 Å². The van der Waals surface area contributed by atoms with Gasteiger partial charge in [-0.25, -0.2) is 0 Å². The molecule has 17 heavy (non-hydrogen) atoms. The van der Waals surface area contributed by atoms with Gasteiger partial charge in [0.1, 0.15) is 0 Å². The predicted octanol–water partition coefficient (Wildman–Crippen LogP) is 2.67. The van der Waals surface area contributed by atoms with Crippen LogP contribution in [0.5, 0.6) is 0 Å². The molecule has 0 N–H and O–H groups in total. The summed E-state index contributed by atoms with van der Waals surface area (Å²) < 4.78 is 9.42. The zero-order chi connectivity index (χ0) is 12.4. The van der Waals surface area contributed by atoms with Gasteiger partial charge in [-0.1, -0.05) is 0 Å². The van der Waals surface area contributed by atoms with E-state index in [-0.39, 0.29) is 6.23 Å². The minimum absolute atomic E-state index is 0.192. The third kappa shape index (κ3) is 3.05. The summed E-state index contributed by atoms with van der Waals surface area (Å²) in [7, 11) is 0. The number of nitrogens with zero attached hydrogens (tertiary/aromatic N) is 2. The number of ether oxygens (including phenoxy) is 1. The molecule has 1 aliphatic heterocycles. The Labute approximate surface area is 111 Å². The third-order valence-electron chi connectivity index (χ3n) is 3.30. The summed E-state index contributed by atoms with van der Waals surface area (Å²) in [6, 6.07) is 2.33. The third-order valence-corrected chi connectivity index (χ3v) is 6.92. The maximum atomic E-state index is 5.87. The number of hydrogen-bond acceptors (Lipinski definition) is 2. The fraction of sp³-hybridized carbons (Fsp3) is 0.769. The van der Waals surface area contributed by atoms with Gasteiger partial charge in [-0.2, -0.15) is 0 Å². The van der Waals surface area contributed by atoms with Crippen molar-refractivity contribution in [3.8, 4) is 0 Å². The van der Waals surface area contributed by atoms with Gasteiger partial charge < -0.3 is 0 Å². The van der Waals surface area contributed by atoms with E-state index in [9.17, 15) is 0 Å². The molecular formula is C13H23N2OSn. The molecule has 2 heterocycles. The standard InChI is InChI=1S/C11H17N2O.2CH3.Sn/c1-9(2)10-6-7-12-13(10)11-5-3-4-8-14-11;;;/h6,9,11H,3-5,8H2,1-2H3;2*1H3;. The Hall–Kier alpha value is -0.0313. The van der Waals surface area contributed by atoms with Gasteiger partial charge in [0.05, 0.1) is 0 Å². The quantitative estimate of drug-likeness (QED) is 0.790. The van der Waals surface area contributed by atoms with Crippen molar-refractivity contribution < 1.29 is 4.74 Å². The van der Waals surface area contributed by atoms with Crippen molar-refractivity contribution in [3.63, 3.8) is 0 Å². The average molecular weight is 342 g/mol. The molecule has 1 aromatic heterocycles. The topological polar surface area (TPSA) is 27.1 Å². The van der Waals surface area contributed by atoms with Gasteiger partial charge >= 0.3 is 111 Å². The summed E-state index contributed by atoms with van der Waals surface area (Å²) in [5, 5.41) is 4.83. The average Bonchev–Trinajstić information content (AvgIpc) is 2.75. The normalized spacial score (nSPS) is 21.4. The van der Waals surface area contributed by atoms with Crippen molar-refractivity contribution in [1.29, 1.82) is 0 Å². The first-order valence-electron chi connectivity index (χ1n) is 6.61. The van der Waals surface area contributed by atoms with Crippen molar-refractivity contribution in [2.75, 3.05) is 6.61 Å². The second kappa shape index (κ2) is 5.74. The van der Waals surface area contributed by atoms with Gasteiger partial charge in [-0.15, -0.1) is 0 Å². The van der Waals surface area contributed by atoms with Gasteiger partial charge in [-0.3, -0.25) is 0 Å². The molecule has 1 radical (unpaired) electrons. The van der Waals surface area contributed by atoms with Crippen LogP contribution in [-0.4, -0.2) is 36.1 Å². The van der Waals surface area contributed by atoms with Crippen LogP contribution >= 0.6 is 0 Å². The van der Waals surface area contributed by atoms with E-state index in [1.165, 1.54) is 22.2 Å². The molecule has 1 aliphatic rings. The zero-order valence-electron chi connectivity index (χ0n) is 11.4. The van der Waals surface area contributed by atoms with Crippen LogP contribution < -0.4 is 3.71 Å².